The highest BCUT2D eigenvalue weighted by molar-refractivity contribution is 5.69. The highest BCUT2D eigenvalue weighted by atomic mass is 16.6. The molecule has 2 rings (SSSR count). The molecule has 1 amide bonds. The first-order valence-corrected chi connectivity index (χ1v) is 7.54. The molecule has 5 heteroatoms. The lowest BCUT2D eigenvalue weighted by Gasteiger charge is -2.27. The Morgan fingerprint density at radius 3 is 2.74 bits per heavy atom. The predicted octanol–water partition coefficient (Wildman–Crippen LogP) is 1.15. The van der Waals surface area contributed by atoms with Crippen LogP contribution >= 0.6 is 0 Å². The van der Waals surface area contributed by atoms with Gasteiger partial charge in [-0.2, -0.15) is 0 Å². The third-order valence-electron chi connectivity index (χ3n) is 3.90. The third kappa shape index (κ3) is 4.66. The minimum Gasteiger partial charge on any atom is -0.444 e. The molecule has 0 spiro atoms. The number of hydrogen-bond donors (Lipinski definition) is 1. The summed E-state index contributed by atoms with van der Waals surface area (Å²) in [6.45, 7) is 11.4. The van der Waals surface area contributed by atoms with Crippen LogP contribution in [0.2, 0.25) is 0 Å². The maximum absolute atomic E-state index is 11.7. The first-order chi connectivity index (χ1) is 9.15. The Balaban J connectivity index is 1.66. The molecule has 0 aliphatic carbocycles. The second-order valence-corrected chi connectivity index (χ2v) is 6.01. The zero-order valence-corrected chi connectivity index (χ0v) is 12.2. The van der Waals surface area contributed by atoms with Crippen molar-refractivity contribution < 1.29 is 9.53 Å². The number of carbonyl (C=O) groups is 1. The largest absolute Gasteiger partial charge is 0.444 e. The number of piperazine rings is 1. The molecule has 2 fully saturated rings. The van der Waals surface area contributed by atoms with Gasteiger partial charge in [0, 0.05) is 39.3 Å². The van der Waals surface area contributed by atoms with Crippen LogP contribution in [0, 0.1) is 5.92 Å². The standard InChI is InChI=1S/C14H27N3O2/c1-12(2)3-8-17-11-13(19-14(17)18)4-7-16-9-5-15-6-10-16/h12-13,15H,3-11H2,1-2H3. The highest BCUT2D eigenvalue weighted by Gasteiger charge is 2.30. The van der Waals surface area contributed by atoms with Gasteiger partial charge in [-0.25, -0.2) is 4.79 Å². The number of hydrogen-bond acceptors (Lipinski definition) is 4. The van der Waals surface area contributed by atoms with Gasteiger partial charge >= 0.3 is 6.09 Å². The van der Waals surface area contributed by atoms with E-state index in [9.17, 15) is 4.79 Å². The molecule has 1 unspecified atom stereocenters. The van der Waals surface area contributed by atoms with E-state index in [2.05, 4.69) is 24.1 Å². The summed E-state index contributed by atoms with van der Waals surface area (Å²) in [7, 11) is 0. The van der Waals surface area contributed by atoms with Gasteiger partial charge in [0.05, 0.1) is 6.54 Å². The summed E-state index contributed by atoms with van der Waals surface area (Å²) in [6.07, 6.45) is 1.99. The van der Waals surface area contributed by atoms with Crippen molar-refractivity contribution in [3.8, 4) is 0 Å². The van der Waals surface area contributed by atoms with Crippen LogP contribution in [-0.2, 0) is 4.74 Å². The zero-order valence-electron chi connectivity index (χ0n) is 12.2. The van der Waals surface area contributed by atoms with Crippen molar-refractivity contribution in [1.29, 1.82) is 0 Å². The Hall–Kier alpha value is -0.810. The summed E-state index contributed by atoms with van der Waals surface area (Å²) in [5.74, 6) is 0.632. The van der Waals surface area contributed by atoms with Crippen LogP contribution < -0.4 is 5.32 Å². The van der Waals surface area contributed by atoms with Crippen LogP contribution in [0.25, 0.3) is 0 Å². The van der Waals surface area contributed by atoms with Crippen LogP contribution in [-0.4, -0.2) is 67.8 Å². The maximum Gasteiger partial charge on any atom is 0.410 e. The average Bonchev–Trinajstić information content (AvgIpc) is 2.76. The van der Waals surface area contributed by atoms with E-state index >= 15 is 0 Å². The van der Waals surface area contributed by atoms with Gasteiger partial charge in [0.25, 0.3) is 0 Å². The Kier molecular flexibility index (Phi) is 5.45. The normalized spacial score (nSPS) is 25.1. The fraction of sp³-hybridized carbons (Fsp3) is 0.929. The number of ether oxygens (including phenoxy) is 1. The quantitative estimate of drug-likeness (QED) is 0.785. The van der Waals surface area contributed by atoms with Gasteiger partial charge in [-0.05, 0) is 18.8 Å². The van der Waals surface area contributed by atoms with Gasteiger partial charge in [-0.3, -0.25) is 0 Å². The molecule has 0 saturated carbocycles. The van der Waals surface area contributed by atoms with E-state index in [4.69, 9.17) is 4.74 Å². The Morgan fingerprint density at radius 2 is 2.05 bits per heavy atom. The minimum absolute atomic E-state index is 0.0922. The summed E-state index contributed by atoms with van der Waals surface area (Å²) >= 11 is 0. The van der Waals surface area contributed by atoms with Gasteiger partial charge in [0.15, 0.2) is 0 Å². The van der Waals surface area contributed by atoms with Crippen LogP contribution in [0.15, 0.2) is 0 Å². The first-order valence-electron chi connectivity index (χ1n) is 7.54. The summed E-state index contributed by atoms with van der Waals surface area (Å²) in [4.78, 5) is 16.0. The molecule has 2 saturated heterocycles. The predicted molar refractivity (Wildman–Crippen MR) is 75.2 cm³/mol. The molecular weight excluding hydrogens is 242 g/mol. The Labute approximate surface area is 116 Å². The lowest BCUT2D eigenvalue weighted by molar-refractivity contribution is 0.118. The molecule has 2 aliphatic rings. The highest BCUT2D eigenvalue weighted by Crippen LogP contribution is 2.16. The summed E-state index contributed by atoms with van der Waals surface area (Å²) in [5.41, 5.74) is 0. The third-order valence-corrected chi connectivity index (χ3v) is 3.90. The SMILES string of the molecule is CC(C)CCN1CC(CCN2CCNCC2)OC1=O. The first kappa shape index (κ1) is 14.6. The molecule has 0 radical (unpaired) electrons. The Morgan fingerprint density at radius 1 is 1.32 bits per heavy atom. The molecule has 0 aromatic carbocycles. The van der Waals surface area contributed by atoms with E-state index in [1.165, 1.54) is 0 Å². The van der Waals surface area contributed by atoms with Crippen LogP contribution in [0.4, 0.5) is 4.79 Å². The van der Waals surface area contributed by atoms with E-state index in [0.29, 0.717) is 5.92 Å². The number of rotatable bonds is 6. The van der Waals surface area contributed by atoms with Crippen LogP contribution in [0.5, 0.6) is 0 Å². The lowest BCUT2D eigenvalue weighted by Crippen LogP contribution is -2.44. The second-order valence-electron chi connectivity index (χ2n) is 6.01. The molecule has 19 heavy (non-hydrogen) atoms. The molecule has 0 aromatic rings. The molecule has 5 nitrogen and oxygen atoms in total. The van der Waals surface area contributed by atoms with Crippen molar-refractivity contribution in [2.24, 2.45) is 5.92 Å². The number of amides is 1. The molecule has 0 bridgehead atoms. The monoisotopic (exact) mass is 269 g/mol. The molecule has 2 heterocycles. The summed E-state index contributed by atoms with van der Waals surface area (Å²) in [6, 6.07) is 0. The van der Waals surface area contributed by atoms with Gasteiger partial charge in [0.1, 0.15) is 6.10 Å². The fourth-order valence-corrected chi connectivity index (χ4v) is 2.58. The van der Waals surface area contributed by atoms with Crippen LogP contribution in [0.3, 0.4) is 0 Å². The molecular formula is C14H27N3O2. The van der Waals surface area contributed by atoms with Gasteiger partial charge in [-0.15, -0.1) is 0 Å². The van der Waals surface area contributed by atoms with Crippen molar-refractivity contribution in [2.45, 2.75) is 32.8 Å². The van der Waals surface area contributed by atoms with Gasteiger partial charge in [-0.1, -0.05) is 13.8 Å². The summed E-state index contributed by atoms with van der Waals surface area (Å²) in [5, 5.41) is 3.35. The lowest BCUT2D eigenvalue weighted by atomic mass is 10.1. The fourth-order valence-electron chi connectivity index (χ4n) is 2.58. The van der Waals surface area contributed by atoms with E-state index in [0.717, 1.165) is 58.7 Å². The average molecular weight is 269 g/mol. The number of carbonyl (C=O) groups excluding carboxylic acids is 1. The van der Waals surface area contributed by atoms with Gasteiger partial charge < -0.3 is 19.9 Å². The van der Waals surface area contributed by atoms with E-state index < -0.39 is 0 Å². The van der Waals surface area contributed by atoms with E-state index in [1.807, 2.05) is 4.90 Å². The van der Waals surface area contributed by atoms with E-state index in [1.54, 1.807) is 0 Å². The molecule has 1 N–H and O–H groups in total. The number of nitrogens with zero attached hydrogens (tertiary/aromatic N) is 2. The molecule has 2 aliphatic heterocycles. The van der Waals surface area contributed by atoms with Crippen molar-refractivity contribution in [3.63, 3.8) is 0 Å². The maximum atomic E-state index is 11.7. The molecule has 1 atom stereocenters. The smallest absolute Gasteiger partial charge is 0.410 e. The zero-order chi connectivity index (χ0) is 13.7. The molecule has 110 valence electrons. The topological polar surface area (TPSA) is 44.8 Å². The van der Waals surface area contributed by atoms with Crippen molar-refractivity contribution in [1.82, 2.24) is 15.1 Å². The van der Waals surface area contributed by atoms with Crippen molar-refractivity contribution in [2.75, 3.05) is 45.8 Å². The van der Waals surface area contributed by atoms with E-state index in [-0.39, 0.29) is 12.2 Å². The summed E-state index contributed by atoms with van der Waals surface area (Å²) < 4.78 is 5.44. The molecule has 0 aromatic heterocycles. The Bertz CT molecular complexity index is 290. The van der Waals surface area contributed by atoms with Crippen LogP contribution in [0.1, 0.15) is 26.7 Å². The second kappa shape index (κ2) is 7.10. The minimum atomic E-state index is -0.119. The van der Waals surface area contributed by atoms with Crippen molar-refractivity contribution >= 4 is 6.09 Å². The van der Waals surface area contributed by atoms with Gasteiger partial charge in [0.2, 0.25) is 0 Å². The number of nitrogens with one attached hydrogen (secondary N) is 1. The number of cyclic esters (lactones) is 1. The van der Waals surface area contributed by atoms with Crippen molar-refractivity contribution in [3.05, 3.63) is 0 Å².